The third-order valence-electron chi connectivity index (χ3n) is 10.2. The second kappa shape index (κ2) is 10.7. The molecule has 45 heavy (non-hydrogen) atoms. The summed E-state index contributed by atoms with van der Waals surface area (Å²) < 4.78 is 11.6. The van der Waals surface area contributed by atoms with Crippen LogP contribution in [-0.2, 0) is 31.3 Å². The maximum absolute atomic E-state index is 6.88. The van der Waals surface area contributed by atoms with Crippen LogP contribution in [0.5, 0.6) is 0 Å². The standard InChI is InChI=1S/C42H42N2O/c1-28-15-8-11-19-35(28)41(3,4)37-21-14-18-32(44(37)7)27-42(5,38-20-12-13-24-43(38)6)39-29(2)22-23-33-34-25-30-16-9-10-17-31(30)26-36(34)45-40(33)39/h8-26H,27H2,1-7H3/q+2. The average molecular weight is 591 g/mol. The molecule has 7 rings (SSSR count). The van der Waals surface area contributed by atoms with E-state index >= 15 is 0 Å². The molecule has 3 aromatic heterocycles. The number of nitrogens with zero attached hydrogens (tertiary/aromatic N) is 2. The zero-order valence-electron chi connectivity index (χ0n) is 27.5. The molecule has 3 heterocycles. The summed E-state index contributed by atoms with van der Waals surface area (Å²) >= 11 is 0. The second-order valence-electron chi connectivity index (χ2n) is 13.5. The number of hydrogen-bond acceptors (Lipinski definition) is 1. The first kappa shape index (κ1) is 29.0. The molecule has 4 aromatic carbocycles. The van der Waals surface area contributed by atoms with Crippen LogP contribution in [0.2, 0.25) is 0 Å². The van der Waals surface area contributed by atoms with Gasteiger partial charge in [0.2, 0.25) is 0 Å². The normalized spacial score (nSPS) is 13.5. The van der Waals surface area contributed by atoms with Crippen molar-refractivity contribution in [3.05, 3.63) is 155 Å². The Balaban J connectivity index is 1.46. The Kier molecular flexibility index (Phi) is 6.89. The predicted octanol–water partition coefficient (Wildman–Crippen LogP) is 8.88. The Morgan fingerprint density at radius 1 is 0.644 bits per heavy atom. The molecule has 0 saturated carbocycles. The van der Waals surface area contributed by atoms with Crippen LogP contribution in [-0.4, -0.2) is 0 Å². The molecule has 0 aliphatic heterocycles. The number of aryl methyl sites for hydroxylation is 3. The monoisotopic (exact) mass is 590 g/mol. The van der Waals surface area contributed by atoms with Crippen LogP contribution in [0.1, 0.15) is 60.1 Å². The number of fused-ring (bicyclic) bond motifs is 4. The van der Waals surface area contributed by atoms with E-state index in [0.717, 1.165) is 23.0 Å². The fourth-order valence-electron chi connectivity index (χ4n) is 7.92. The Morgan fingerprint density at radius 3 is 2.09 bits per heavy atom. The van der Waals surface area contributed by atoms with Gasteiger partial charge in [0, 0.05) is 40.6 Å². The molecule has 0 amide bonds. The third-order valence-corrected chi connectivity index (χ3v) is 10.2. The molecule has 3 heteroatoms. The summed E-state index contributed by atoms with van der Waals surface area (Å²) in [6.45, 7) is 11.5. The highest BCUT2D eigenvalue weighted by atomic mass is 16.3. The van der Waals surface area contributed by atoms with Gasteiger partial charge in [-0.3, -0.25) is 0 Å². The second-order valence-corrected chi connectivity index (χ2v) is 13.5. The van der Waals surface area contributed by atoms with E-state index in [4.69, 9.17) is 4.42 Å². The highest BCUT2D eigenvalue weighted by molar-refractivity contribution is 6.11. The molecule has 224 valence electrons. The van der Waals surface area contributed by atoms with Crippen molar-refractivity contribution in [1.82, 2.24) is 0 Å². The van der Waals surface area contributed by atoms with E-state index in [0.29, 0.717) is 0 Å². The molecule has 0 saturated heterocycles. The Hall–Kier alpha value is -4.76. The summed E-state index contributed by atoms with van der Waals surface area (Å²) in [4.78, 5) is 0. The molecule has 0 N–H and O–H groups in total. The maximum atomic E-state index is 6.88. The number of furan rings is 1. The van der Waals surface area contributed by atoms with Crippen molar-refractivity contribution in [2.75, 3.05) is 0 Å². The van der Waals surface area contributed by atoms with Gasteiger partial charge >= 0.3 is 0 Å². The lowest BCUT2D eigenvalue weighted by molar-refractivity contribution is -0.692. The molecular weight excluding hydrogens is 548 g/mol. The first-order valence-corrected chi connectivity index (χ1v) is 15.9. The Labute approximate surface area is 266 Å². The van der Waals surface area contributed by atoms with Crippen LogP contribution in [0.3, 0.4) is 0 Å². The first-order valence-electron chi connectivity index (χ1n) is 15.9. The minimum atomic E-state index is -0.393. The lowest BCUT2D eigenvalue weighted by Gasteiger charge is -2.30. The Bertz CT molecular complexity index is 2240. The van der Waals surface area contributed by atoms with Crippen molar-refractivity contribution in [2.24, 2.45) is 14.1 Å². The zero-order valence-corrected chi connectivity index (χ0v) is 27.5. The van der Waals surface area contributed by atoms with Crippen molar-refractivity contribution in [2.45, 2.75) is 51.9 Å². The van der Waals surface area contributed by atoms with Gasteiger partial charge < -0.3 is 4.42 Å². The van der Waals surface area contributed by atoms with Crippen molar-refractivity contribution in [3.8, 4) is 0 Å². The van der Waals surface area contributed by atoms with Gasteiger partial charge in [-0.15, -0.1) is 0 Å². The molecule has 1 atom stereocenters. The minimum absolute atomic E-state index is 0.166. The van der Waals surface area contributed by atoms with Gasteiger partial charge in [-0.05, 0) is 80.3 Å². The van der Waals surface area contributed by atoms with Crippen LogP contribution in [0.15, 0.2) is 120 Å². The van der Waals surface area contributed by atoms with Gasteiger partial charge in [0.25, 0.3) is 0 Å². The van der Waals surface area contributed by atoms with E-state index in [1.165, 1.54) is 55.5 Å². The molecule has 0 aliphatic carbocycles. The fraction of sp³-hybridized carbons (Fsp3) is 0.238. The SMILES string of the molecule is Cc1ccccc1C(C)(C)c1cccc(CC(C)(c2c(C)ccc3c2oc2cc4ccccc4cc23)c2cccc[n+]2C)[n+]1C. The van der Waals surface area contributed by atoms with Crippen molar-refractivity contribution < 1.29 is 13.6 Å². The van der Waals surface area contributed by atoms with E-state index in [2.05, 4.69) is 173 Å². The summed E-state index contributed by atoms with van der Waals surface area (Å²) in [5.74, 6) is 0. The number of aromatic nitrogens is 2. The molecule has 1 unspecified atom stereocenters. The first-order chi connectivity index (χ1) is 21.6. The fourth-order valence-corrected chi connectivity index (χ4v) is 7.92. The lowest BCUT2D eigenvalue weighted by atomic mass is 9.72. The largest absolute Gasteiger partial charge is 0.456 e. The van der Waals surface area contributed by atoms with Crippen LogP contribution in [0.25, 0.3) is 32.7 Å². The van der Waals surface area contributed by atoms with Crippen LogP contribution in [0, 0.1) is 13.8 Å². The van der Waals surface area contributed by atoms with E-state index in [1.54, 1.807) is 0 Å². The van der Waals surface area contributed by atoms with E-state index < -0.39 is 5.41 Å². The van der Waals surface area contributed by atoms with Gasteiger partial charge in [0.1, 0.15) is 25.3 Å². The Morgan fingerprint density at radius 2 is 1.33 bits per heavy atom. The maximum Gasteiger partial charge on any atom is 0.192 e. The number of rotatable bonds is 6. The highest BCUT2D eigenvalue weighted by Crippen LogP contribution is 2.43. The molecule has 0 radical (unpaired) electrons. The lowest BCUT2D eigenvalue weighted by Crippen LogP contribution is -2.49. The third kappa shape index (κ3) is 4.64. The topological polar surface area (TPSA) is 20.9 Å². The van der Waals surface area contributed by atoms with Crippen molar-refractivity contribution in [3.63, 3.8) is 0 Å². The van der Waals surface area contributed by atoms with Gasteiger partial charge in [-0.25, -0.2) is 9.13 Å². The quantitative estimate of drug-likeness (QED) is 0.177. The molecule has 7 aromatic rings. The summed E-state index contributed by atoms with van der Waals surface area (Å²) in [5.41, 5.74) is 10.3. The van der Waals surface area contributed by atoms with E-state index in [1.807, 2.05) is 0 Å². The summed E-state index contributed by atoms with van der Waals surface area (Å²) in [7, 11) is 4.39. The van der Waals surface area contributed by atoms with E-state index in [-0.39, 0.29) is 5.41 Å². The number of hydrogen-bond donors (Lipinski definition) is 0. The summed E-state index contributed by atoms with van der Waals surface area (Å²) in [6, 6.07) is 39.6. The molecule has 0 fully saturated rings. The van der Waals surface area contributed by atoms with Gasteiger partial charge in [0.05, 0.1) is 17.3 Å². The van der Waals surface area contributed by atoms with Crippen molar-refractivity contribution >= 4 is 32.7 Å². The van der Waals surface area contributed by atoms with Gasteiger partial charge in [-0.2, -0.15) is 0 Å². The molecular formula is C42H42N2O+2. The zero-order chi connectivity index (χ0) is 31.5. The summed E-state index contributed by atoms with van der Waals surface area (Å²) in [6.07, 6.45) is 2.96. The van der Waals surface area contributed by atoms with Crippen LogP contribution < -0.4 is 9.13 Å². The number of benzene rings is 4. The average Bonchev–Trinajstić information content (AvgIpc) is 3.37. The predicted molar refractivity (Wildman–Crippen MR) is 185 cm³/mol. The van der Waals surface area contributed by atoms with Crippen molar-refractivity contribution in [1.29, 1.82) is 0 Å². The molecule has 0 spiro atoms. The smallest absolute Gasteiger partial charge is 0.192 e. The minimum Gasteiger partial charge on any atom is -0.456 e. The van der Waals surface area contributed by atoms with Gasteiger partial charge in [0.15, 0.2) is 23.3 Å². The number of pyridine rings is 2. The van der Waals surface area contributed by atoms with Crippen LogP contribution >= 0.6 is 0 Å². The van der Waals surface area contributed by atoms with Gasteiger partial charge in [-0.1, -0.05) is 66.7 Å². The van der Waals surface area contributed by atoms with Crippen LogP contribution in [0.4, 0.5) is 0 Å². The molecule has 0 aliphatic rings. The molecule has 0 bridgehead atoms. The highest BCUT2D eigenvalue weighted by Gasteiger charge is 2.43. The van der Waals surface area contributed by atoms with E-state index in [9.17, 15) is 0 Å². The summed E-state index contributed by atoms with van der Waals surface area (Å²) in [5, 5.41) is 4.75. The molecule has 3 nitrogen and oxygen atoms in total.